The molecule has 0 saturated carbocycles. The van der Waals surface area contributed by atoms with Crippen molar-refractivity contribution in [2.75, 3.05) is 6.61 Å². The van der Waals surface area contributed by atoms with Crippen LogP contribution in [0, 0.1) is 0 Å². The van der Waals surface area contributed by atoms with E-state index >= 15 is 0 Å². The molecule has 0 aromatic heterocycles. The quantitative estimate of drug-likeness (QED) is 0.396. The number of hydrogen-bond acceptors (Lipinski definition) is 4. The fourth-order valence-electron chi connectivity index (χ4n) is 0.803. The van der Waals surface area contributed by atoms with Crippen LogP contribution in [0.3, 0.4) is 0 Å². The van der Waals surface area contributed by atoms with Crippen LogP contribution in [0.2, 0.25) is 0 Å². The first-order valence-electron chi connectivity index (χ1n) is 5.22. The molecule has 0 aromatic carbocycles. The summed E-state index contributed by atoms with van der Waals surface area (Å²) in [6, 6.07) is 0. The number of amides is 1. The zero-order valence-corrected chi connectivity index (χ0v) is 12.1. The fraction of sp³-hybridized carbons (Fsp3) is 0.889. The molecule has 0 aliphatic heterocycles. The molecule has 3 nitrogen and oxygen atoms in total. The molecule has 0 heterocycles. The van der Waals surface area contributed by atoms with Gasteiger partial charge in [-0.1, -0.05) is 38.6 Å². The Morgan fingerprint density at radius 2 is 2.27 bits per heavy atom. The second-order valence-corrected chi connectivity index (χ2v) is 10.2. The van der Waals surface area contributed by atoms with Crippen molar-refractivity contribution in [1.29, 1.82) is 0 Å². The van der Waals surface area contributed by atoms with Gasteiger partial charge in [-0.3, -0.25) is 4.79 Å². The lowest BCUT2D eigenvalue weighted by Gasteiger charge is -2.23. The van der Waals surface area contributed by atoms with Gasteiger partial charge in [-0.25, -0.2) is 0 Å². The van der Waals surface area contributed by atoms with Crippen molar-refractivity contribution in [1.82, 2.24) is 5.09 Å². The van der Waals surface area contributed by atoms with Crippen LogP contribution in [0.5, 0.6) is 0 Å². The number of nitrogens with one attached hydrogen (secondary N) is 1. The molecule has 0 fully saturated rings. The maximum Gasteiger partial charge on any atom is 0.213 e. The number of unbranched alkanes of at least 4 members (excludes halogenated alkanes) is 1. The maximum atomic E-state index is 10.5. The van der Waals surface area contributed by atoms with Crippen LogP contribution in [0.25, 0.3) is 0 Å². The maximum absolute atomic E-state index is 10.5. The van der Waals surface area contributed by atoms with Crippen molar-refractivity contribution in [3.8, 4) is 0 Å². The van der Waals surface area contributed by atoms with Crippen molar-refractivity contribution >= 4 is 35.2 Å². The number of carbonyl (C=O) groups is 1. The third-order valence-electron chi connectivity index (χ3n) is 1.86. The highest BCUT2D eigenvalue weighted by Gasteiger charge is 2.20. The highest BCUT2D eigenvalue weighted by atomic mass is 32.9. The zero-order chi connectivity index (χ0) is 11.7. The standard InChI is InChI=1S/C9H20NO2PS2/c1-4-6-7-12-13(14,10-8-11)15-9(3)5-2/h8-9H,4-7H2,1-3H3,(H,10,11,14). The zero-order valence-electron chi connectivity index (χ0n) is 9.56. The molecule has 2 unspecified atom stereocenters. The molecule has 0 aromatic rings. The van der Waals surface area contributed by atoms with Gasteiger partial charge >= 0.3 is 0 Å². The van der Waals surface area contributed by atoms with Crippen LogP contribution >= 0.6 is 17.0 Å². The second kappa shape index (κ2) is 8.57. The van der Waals surface area contributed by atoms with Crippen LogP contribution in [0.1, 0.15) is 40.0 Å². The third kappa shape index (κ3) is 7.34. The van der Waals surface area contributed by atoms with E-state index < -0.39 is 5.62 Å². The first-order chi connectivity index (χ1) is 7.08. The summed E-state index contributed by atoms with van der Waals surface area (Å²) < 4.78 is 5.63. The fourth-order valence-corrected chi connectivity index (χ4v) is 6.38. The highest BCUT2D eigenvalue weighted by Crippen LogP contribution is 2.58. The average Bonchev–Trinajstić information content (AvgIpc) is 2.18. The summed E-state index contributed by atoms with van der Waals surface area (Å²) in [6.45, 7) is 6.94. The van der Waals surface area contributed by atoms with Gasteiger partial charge < -0.3 is 9.61 Å². The summed E-state index contributed by atoms with van der Waals surface area (Å²) in [4.78, 5) is 10.5. The molecule has 0 aliphatic carbocycles. The molecule has 15 heavy (non-hydrogen) atoms. The van der Waals surface area contributed by atoms with E-state index in [1.54, 1.807) is 11.4 Å². The first-order valence-corrected chi connectivity index (χ1v) is 9.42. The van der Waals surface area contributed by atoms with Crippen LogP contribution in [0.4, 0.5) is 0 Å². The summed E-state index contributed by atoms with van der Waals surface area (Å²) >= 11 is 6.95. The molecule has 1 N–H and O–H groups in total. The Bertz CT molecular complexity index is 226. The molecule has 1 amide bonds. The van der Waals surface area contributed by atoms with E-state index in [-0.39, 0.29) is 0 Å². The van der Waals surface area contributed by atoms with E-state index in [0.717, 1.165) is 19.3 Å². The van der Waals surface area contributed by atoms with Crippen molar-refractivity contribution in [3.05, 3.63) is 0 Å². The summed E-state index contributed by atoms with van der Waals surface area (Å²) in [6.07, 6.45) is 3.74. The molecule has 0 radical (unpaired) electrons. The molecule has 90 valence electrons. The first kappa shape index (κ1) is 15.4. The molecule has 2 atom stereocenters. The van der Waals surface area contributed by atoms with Gasteiger partial charge in [0.15, 0.2) is 0 Å². The molecular formula is C9H20NO2PS2. The molecule has 0 saturated heterocycles. The minimum atomic E-state index is -2.19. The number of rotatable bonds is 9. The van der Waals surface area contributed by atoms with Crippen molar-refractivity contribution < 1.29 is 9.32 Å². The topological polar surface area (TPSA) is 38.3 Å². The second-order valence-electron chi connectivity index (χ2n) is 3.26. The van der Waals surface area contributed by atoms with Gasteiger partial charge in [0.1, 0.15) is 0 Å². The number of hydrogen-bond donors (Lipinski definition) is 1. The van der Waals surface area contributed by atoms with Crippen LogP contribution in [-0.4, -0.2) is 18.3 Å². The summed E-state index contributed by atoms with van der Waals surface area (Å²) in [5.41, 5.74) is -2.19. The molecule has 0 rings (SSSR count). The normalized spacial score (nSPS) is 16.7. The van der Waals surface area contributed by atoms with Crippen LogP contribution < -0.4 is 5.09 Å². The van der Waals surface area contributed by atoms with Gasteiger partial charge in [0.05, 0.1) is 6.61 Å². The Kier molecular flexibility index (Phi) is 8.81. The molecule has 0 bridgehead atoms. The Labute approximate surface area is 102 Å². The smallest absolute Gasteiger partial charge is 0.213 e. The minimum Gasteiger partial charge on any atom is -0.326 e. The molecule has 0 aliphatic rings. The van der Waals surface area contributed by atoms with Gasteiger partial charge in [0.25, 0.3) is 0 Å². The highest BCUT2D eigenvalue weighted by molar-refractivity contribution is 8.69. The predicted octanol–water partition coefficient (Wildman–Crippen LogP) is 3.31. The van der Waals surface area contributed by atoms with Crippen LogP contribution in [0.15, 0.2) is 0 Å². The van der Waals surface area contributed by atoms with E-state index in [1.807, 2.05) is 0 Å². The monoisotopic (exact) mass is 269 g/mol. The van der Waals surface area contributed by atoms with Gasteiger partial charge in [0, 0.05) is 5.25 Å². The van der Waals surface area contributed by atoms with Crippen molar-refractivity contribution in [3.63, 3.8) is 0 Å². The summed E-state index contributed by atoms with van der Waals surface area (Å²) in [5.74, 6) is 0. The van der Waals surface area contributed by atoms with Gasteiger partial charge in [-0.15, -0.1) is 0 Å². The molecule has 6 heteroatoms. The minimum absolute atomic E-state index is 0.421. The van der Waals surface area contributed by atoms with Crippen LogP contribution in [-0.2, 0) is 21.1 Å². The summed E-state index contributed by atoms with van der Waals surface area (Å²) in [5, 5.41) is 3.09. The predicted molar refractivity (Wildman–Crippen MR) is 71.7 cm³/mol. The number of carbonyl (C=O) groups excluding carboxylic acids is 1. The third-order valence-corrected chi connectivity index (χ3v) is 7.73. The Balaban J connectivity index is 4.18. The van der Waals surface area contributed by atoms with Gasteiger partial charge in [-0.05, 0) is 24.6 Å². The lowest BCUT2D eigenvalue weighted by atomic mass is 10.4. The van der Waals surface area contributed by atoms with E-state index in [4.69, 9.17) is 16.3 Å². The largest absolute Gasteiger partial charge is 0.326 e. The van der Waals surface area contributed by atoms with E-state index in [2.05, 4.69) is 25.9 Å². The van der Waals surface area contributed by atoms with Crippen molar-refractivity contribution in [2.24, 2.45) is 0 Å². The SMILES string of the molecule is CCCCOP(=S)(NC=O)SC(C)CC. The van der Waals surface area contributed by atoms with E-state index in [1.165, 1.54) is 0 Å². The van der Waals surface area contributed by atoms with Gasteiger partial charge in [-0.2, -0.15) is 0 Å². The Morgan fingerprint density at radius 3 is 2.73 bits per heavy atom. The Hall–Kier alpha value is 0.430. The van der Waals surface area contributed by atoms with Gasteiger partial charge in [0.2, 0.25) is 12.0 Å². The van der Waals surface area contributed by atoms with E-state index in [0.29, 0.717) is 18.3 Å². The lowest BCUT2D eigenvalue weighted by Crippen LogP contribution is -2.10. The van der Waals surface area contributed by atoms with E-state index in [9.17, 15) is 4.79 Å². The average molecular weight is 269 g/mol. The van der Waals surface area contributed by atoms with Crippen molar-refractivity contribution in [2.45, 2.75) is 45.3 Å². The molecular weight excluding hydrogens is 249 g/mol. The molecule has 0 spiro atoms. The Morgan fingerprint density at radius 1 is 1.60 bits per heavy atom. The lowest BCUT2D eigenvalue weighted by molar-refractivity contribution is -0.108. The summed E-state index contributed by atoms with van der Waals surface area (Å²) in [7, 11) is 0.